The van der Waals surface area contributed by atoms with E-state index in [1.54, 1.807) is 18.2 Å². The summed E-state index contributed by atoms with van der Waals surface area (Å²) in [6, 6.07) is 13.7. The third-order valence-electron chi connectivity index (χ3n) is 6.78. The molecule has 3 N–H and O–H groups in total. The molecule has 4 rings (SSSR count). The van der Waals surface area contributed by atoms with Gasteiger partial charge in [-0.1, -0.05) is 24.8 Å². The Bertz CT molecular complexity index is 1320. The summed E-state index contributed by atoms with van der Waals surface area (Å²) in [6.45, 7) is 7.20. The van der Waals surface area contributed by atoms with Crippen LogP contribution in [0.3, 0.4) is 0 Å². The van der Waals surface area contributed by atoms with Crippen LogP contribution < -0.4 is 16.0 Å². The van der Waals surface area contributed by atoms with Crippen LogP contribution in [0.5, 0.6) is 0 Å². The molecule has 0 saturated carbocycles. The number of nitrogens with one attached hydrogen (secondary N) is 3. The lowest BCUT2D eigenvalue weighted by atomic mass is 9.88. The van der Waals surface area contributed by atoms with Gasteiger partial charge >= 0.3 is 6.18 Å². The van der Waals surface area contributed by atoms with Crippen molar-refractivity contribution in [2.24, 2.45) is 0 Å². The van der Waals surface area contributed by atoms with E-state index in [2.05, 4.69) is 38.5 Å². The minimum atomic E-state index is -4.63. The third kappa shape index (κ3) is 7.35. The molecule has 1 fully saturated rings. The van der Waals surface area contributed by atoms with Crippen molar-refractivity contribution < 1.29 is 22.4 Å². The third-order valence-corrected chi connectivity index (χ3v) is 6.78. The van der Waals surface area contributed by atoms with Crippen LogP contribution in [0, 0.1) is 6.92 Å². The monoisotopic (exact) mass is 541 g/mol. The van der Waals surface area contributed by atoms with Crippen LogP contribution in [-0.2, 0) is 11.0 Å². The normalized spacial score (nSPS) is 14.6. The number of aromatic nitrogens is 1. The van der Waals surface area contributed by atoms with E-state index in [0.29, 0.717) is 23.8 Å². The largest absolute Gasteiger partial charge is 0.419 e. The first kappa shape index (κ1) is 28.1. The number of pyridine rings is 1. The highest BCUT2D eigenvalue weighted by atomic mass is 19.4. The Hall–Kier alpha value is -3.92. The van der Waals surface area contributed by atoms with Crippen LogP contribution in [-0.4, -0.2) is 42.1 Å². The summed E-state index contributed by atoms with van der Waals surface area (Å²) < 4.78 is 53.9. The lowest BCUT2D eigenvalue weighted by molar-refractivity contribution is -0.137. The number of carbonyl (C=O) groups is 1. The highest BCUT2D eigenvalue weighted by Gasteiger charge is 2.34. The summed E-state index contributed by atoms with van der Waals surface area (Å²) in [5.74, 6) is 0.208. The van der Waals surface area contributed by atoms with Gasteiger partial charge in [-0.25, -0.2) is 9.37 Å². The van der Waals surface area contributed by atoms with E-state index in [4.69, 9.17) is 0 Å². The zero-order valence-corrected chi connectivity index (χ0v) is 21.6. The summed E-state index contributed by atoms with van der Waals surface area (Å²) in [5, 5.41) is 8.54. The Balaban J connectivity index is 1.53. The number of halogens is 4. The van der Waals surface area contributed by atoms with Gasteiger partial charge in [0.2, 0.25) is 5.91 Å². The van der Waals surface area contributed by atoms with Crippen molar-refractivity contribution in [3.63, 3.8) is 0 Å². The first-order chi connectivity index (χ1) is 18.7. The van der Waals surface area contributed by atoms with Crippen LogP contribution in [0.15, 0.2) is 67.4 Å². The quantitative estimate of drug-likeness (QED) is 0.198. The number of piperidine rings is 1. The Morgan fingerprint density at radius 2 is 1.82 bits per heavy atom. The molecule has 2 heterocycles. The molecule has 1 aliphatic rings. The van der Waals surface area contributed by atoms with Crippen LogP contribution >= 0.6 is 0 Å². The first-order valence-electron chi connectivity index (χ1n) is 12.7. The van der Waals surface area contributed by atoms with E-state index in [9.17, 15) is 22.4 Å². The minimum absolute atomic E-state index is 0.179. The molecule has 1 saturated heterocycles. The fourth-order valence-electron chi connectivity index (χ4n) is 4.70. The van der Waals surface area contributed by atoms with Gasteiger partial charge in [-0.3, -0.25) is 4.79 Å². The van der Waals surface area contributed by atoms with E-state index >= 15 is 0 Å². The number of hydrogen-bond donors (Lipinski definition) is 3. The van der Waals surface area contributed by atoms with Crippen molar-refractivity contribution in [2.75, 3.05) is 42.3 Å². The van der Waals surface area contributed by atoms with Crippen molar-refractivity contribution in [1.82, 2.24) is 9.88 Å². The van der Waals surface area contributed by atoms with Gasteiger partial charge in [0, 0.05) is 35.9 Å². The average molecular weight is 542 g/mol. The predicted octanol–water partition coefficient (Wildman–Crippen LogP) is 7.17. The van der Waals surface area contributed by atoms with Gasteiger partial charge in [-0.2, -0.15) is 13.2 Å². The predicted molar refractivity (Wildman–Crippen MR) is 147 cm³/mol. The molecule has 0 bridgehead atoms. The second-order valence-electron chi connectivity index (χ2n) is 9.52. The Labute approximate surface area is 225 Å². The van der Waals surface area contributed by atoms with Crippen molar-refractivity contribution in [3.05, 3.63) is 84.1 Å². The second-order valence-corrected chi connectivity index (χ2v) is 9.52. The van der Waals surface area contributed by atoms with E-state index < -0.39 is 17.6 Å². The van der Waals surface area contributed by atoms with Crippen LogP contribution in [0.25, 0.3) is 0 Å². The first-order valence-corrected chi connectivity index (χ1v) is 12.7. The second kappa shape index (κ2) is 12.3. The molecule has 0 spiro atoms. The average Bonchev–Trinajstić information content (AvgIpc) is 2.90. The molecular formula is C29H31F4N5O. The topological polar surface area (TPSA) is 69.3 Å². The Kier molecular flexibility index (Phi) is 8.86. The number of nitrogens with zero attached hydrogens (tertiary/aromatic N) is 2. The molecule has 10 heteroatoms. The lowest BCUT2D eigenvalue weighted by Gasteiger charge is -2.31. The Morgan fingerprint density at radius 3 is 2.49 bits per heavy atom. The van der Waals surface area contributed by atoms with Gasteiger partial charge in [-0.15, -0.1) is 0 Å². The molecule has 0 atom stereocenters. The summed E-state index contributed by atoms with van der Waals surface area (Å²) in [4.78, 5) is 17.7. The zero-order chi connectivity index (χ0) is 28.0. The van der Waals surface area contributed by atoms with E-state index in [1.807, 2.05) is 19.1 Å². The number of rotatable bonds is 9. The molecule has 0 aliphatic carbocycles. The molecule has 1 amide bonds. The molecule has 0 unspecified atom stereocenters. The van der Waals surface area contributed by atoms with Crippen molar-refractivity contribution in [1.29, 1.82) is 0 Å². The van der Waals surface area contributed by atoms with Gasteiger partial charge in [0.15, 0.2) is 0 Å². The maximum absolute atomic E-state index is 13.8. The van der Waals surface area contributed by atoms with E-state index in [0.717, 1.165) is 49.5 Å². The fraction of sp³-hybridized carbons (Fsp3) is 0.310. The summed E-state index contributed by atoms with van der Waals surface area (Å²) in [6.07, 6.45) is -0.808. The van der Waals surface area contributed by atoms with Crippen LogP contribution in [0.2, 0.25) is 0 Å². The van der Waals surface area contributed by atoms with E-state index in [-0.39, 0.29) is 18.2 Å². The van der Waals surface area contributed by atoms with Crippen molar-refractivity contribution in [3.8, 4) is 0 Å². The van der Waals surface area contributed by atoms with Crippen LogP contribution in [0.1, 0.15) is 35.4 Å². The number of hydrogen-bond acceptors (Lipinski definition) is 5. The fourth-order valence-corrected chi connectivity index (χ4v) is 4.70. The number of amides is 1. The van der Waals surface area contributed by atoms with Gasteiger partial charge < -0.3 is 20.9 Å². The number of anilines is 5. The van der Waals surface area contributed by atoms with Gasteiger partial charge in [-0.05, 0) is 80.2 Å². The highest BCUT2D eigenvalue weighted by Crippen LogP contribution is 2.38. The minimum Gasteiger partial charge on any atom is -0.355 e. The number of aryl methyl sites for hydroxylation is 1. The molecule has 2 aromatic carbocycles. The van der Waals surface area contributed by atoms with Crippen LogP contribution in [0.4, 0.5) is 46.1 Å². The van der Waals surface area contributed by atoms with E-state index in [1.165, 1.54) is 17.7 Å². The Morgan fingerprint density at radius 1 is 1.08 bits per heavy atom. The molecule has 0 radical (unpaired) electrons. The van der Waals surface area contributed by atoms with Gasteiger partial charge in [0.1, 0.15) is 12.5 Å². The van der Waals surface area contributed by atoms with Gasteiger partial charge in [0.25, 0.3) is 0 Å². The highest BCUT2D eigenvalue weighted by molar-refractivity contribution is 5.99. The smallest absolute Gasteiger partial charge is 0.355 e. The standard InChI is InChI=1S/C29H31F4N5O/c1-3-28(39)36-23-6-4-5-22(16-23)35-26-17-27(34-18-24(26)29(31,32)33)37-25-8-7-21(15-19(25)2)20-9-12-38(13-10-20)14-11-30/h3-8,15-18,20H,1,9-14H2,2H3,(H,36,39)(H2,34,35,37). The van der Waals surface area contributed by atoms with Crippen molar-refractivity contribution in [2.45, 2.75) is 31.9 Å². The number of likely N-dealkylation sites (tertiary alicyclic amines) is 1. The number of alkyl halides is 4. The number of benzene rings is 2. The maximum atomic E-state index is 13.8. The molecular weight excluding hydrogens is 510 g/mol. The summed E-state index contributed by atoms with van der Waals surface area (Å²) in [7, 11) is 0. The zero-order valence-electron chi connectivity index (χ0n) is 21.6. The van der Waals surface area contributed by atoms with Gasteiger partial charge in [0.05, 0.1) is 11.3 Å². The maximum Gasteiger partial charge on any atom is 0.419 e. The van der Waals surface area contributed by atoms with Crippen molar-refractivity contribution >= 4 is 34.5 Å². The molecule has 1 aliphatic heterocycles. The summed E-state index contributed by atoms with van der Waals surface area (Å²) >= 11 is 0. The molecule has 1 aromatic heterocycles. The lowest BCUT2D eigenvalue weighted by Crippen LogP contribution is -2.34. The molecule has 3 aromatic rings. The SMILES string of the molecule is C=CC(=O)Nc1cccc(Nc2cc(Nc3ccc(C4CCN(CCF)CC4)cc3C)ncc2C(F)(F)F)c1. The molecule has 6 nitrogen and oxygen atoms in total. The molecule has 39 heavy (non-hydrogen) atoms. The molecule has 206 valence electrons. The number of carbonyl (C=O) groups excluding carboxylic acids is 1. The summed E-state index contributed by atoms with van der Waals surface area (Å²) in [5.41, 5.74) is 2.55.